The molecular weight excluding hydrogens is 342 g/mol. The summed E-state index contributed by atoms with van der Waals surface area (Å²) < 4.78 is 7.60. The van der Waals surface area contributed by atoms with Gasteiger partial charge >= 0.3 is 6.01 Å². The van der Waals surface area contributed by atoms with Gasteiger partial charge in [0.05, 0.1) is 23.1 Å². The normalized spacial score (nSPS) is 14.9. The number of carbonyl (C=O) groups is 1. The van der Waals surface area contributed by atoms with Crippen LogP contribution in [-0.2, 0) is 0 Å². The van der Waals surface area contributed by atoms with Gasteiger partial charge in [0, 0.05) is 38.3 Å². The number of hydrogen-bond donors (Lipinski definition) is 0. The zero-order chi connectivity index (χ0) is 18.6. The Morgan fingerprint density at radius 2 is 1.78 bits per heavy atom. The number of rotatable bonds is 4. The first-order valence-electron chi connectivity index (χ1n) is 9.05. The van der Waals surface area contributed by atoms with E-state index >= 15 is 0 Å². The molecule has 1 fully saturated rings. The molecule has 0 spiro atoms. The Kier molecular flexibility index (Phi) is 4.82. The van der Waals surface area contributed by atoms with Gasteiger partial charge in [-0.05, 0) is 25.1 Å². The Labute approximate surface area is 157 Å². The second kappa shape index (κ2) is 7.57. The van der Waals surface area contributed by atoms with Crippen LogP contribution in [-0.4, -0.2) is 49.7 Å². The highest BCUT2D eigenvalue weighted by molar-refractivity contribution is 5.95. The van der Waals surface area contributed by atoms with Crippen molar-refractivity contribution in [3.05, 3.63) is 66.2 Å². The zero-order valence-corrected chi connectivity index (χ0v) is 15.2. The lowest BCUT2D eigenvalue weighted by atomic mass is 10.1. The summed E-state index contributed by atoms with van der Waals surface area (Å²) >= 11 is 0. The molecule has 2 aromatic heterocycles. The molecule has 7 heteroatoms. The predicted octanol–water partition coefficient (Wildman–Crippen LogP) is 2.65. The number of likely N-dealkylation sites (tertiary alicyclic amines) is 1. The number of benzene rings is 1. The van der Waals surface area contributed by atoms with E-state index in [0.717, 1.165) is 24.2 Å². The summed E-state index contributed by atoms with van der Waals surface area (Å²) in [7, 11) is 0. The predicted molar refractivity (Wildman–Crippen MR) is 99.9 cm³/mol. The van der Waals surface area contributed by atoms with Crippen LogP contribution in [0, 0.1) is 6.92 Å². The molecule has 0 saturated carbocycles. The van der Waals surface area contributed by atoms with Crippen molar-refractivity contribution in [1.29, 1.82) is 0 Å². The van der Waals surface area contributed by atoms with Gasteiger partial charge in [-0.2, -0.15) is 5.10 Å². The van der Waals surface area contributed by atoms with Crippen molar-refractivity contribution in [2.75, 3.05) is 13.1 Å². The first-order valence-corrected chi connectivity index (χ1v) is 9.05. The second-order valence-corrected chi connectivity index (χ2v) is 6.53. The number of ether oxygens (including phenoxy) is 1. The number of nitrogens with zero attached hydrogens (tertiary/aromatic N) is 5. The summed E-state index contributed by atoms with van der Waals surface area (Å²) in [5.74, 6) is 0.0177. The van der Waals surface area contributed by atoms with Crippen molar-refractivity contribution in [2.24, 2.45) is 0 Å². The Bertz CT molecular complexity index is 903. The van der Waals surface area contributed by atoms with Gasteiger partial charge in [0.25, 0.3) is 5.91 Å². The van der Waals surface area contributed by atoms with Crippen LogP contribution in [0.2, 0.25) is 0 Å². The molecule has 1 aliphatic heterocycles. The fourth-order valence-corrected chi connectivity index (χ4v) is 3.29. The van der Waals surface area contributed by atoms with Crippen LogP contribution in [0.4, 0.5) is 0 Å². The number of hydrogen-bond acceptors (Lipinski definition) is 5. The third-order valence-corrected chi connectivity index (χ3v) is 4.78. The molecule has 138 valence electrons. The third-order valence-electron chi connectivity index (χ3n) is 4.78. The molecule has 1 amide bonds. The standard InChI is InChI=1S/C20H21N5O2/c1-15-18(14-23-25(15)16-6-3-2-4-7-16)19(26)24-12-8-17(9-13-24)27-20-21-10-5-11-22-20/h2-7,10-11,14,17H,8-9,12-13H2,1H3. The smallest absolute Gasteiger partial charge is 0.316 e. The molecule has 7 nitrogen and oxygen atoms in total. The summed E-state index contributed by atoms with van der Waals surface area (Å²) in [6.07, 6.45) is 6.53. The summed E-state index contributed by atoms with van der Waals surface area (Å²) in [4.78, 5) is 23.0. The monoisotopic (exact) mass is 363 g/mol. The van der Waals surface area contributed by atoms with Crippen LogP contribution in [0.5, 0.6) is 6.01 Å². The largest absolute Gasteiger partial charge is 0.460 e. The molecule has 0 aliphatic carbocycles. The number of carbonyl (C=O) groups excluding carboxylic acids is 1. The van der Waals surface area contributed by atoms with Crippen LogP contribution in [0.15, 0.2) is 55.0 Å². The second-order valence-electron chi connectivity index (χ2n) is 6.53. The quantitative estimate of drug-likeness (QED) is 0.712. The van der Waals surface area contributed by atoms with E-state index in [-0.39, 0.29) is 12.0 Å². The van der Waals surface area contributed by atoms with Gasteiger partial charge in [-0.3, -0.25) is 4.79 Å². The van der Waals surface area contributed by atoms with Gasteiger partial charge in [-0.1, -0.05) is 18.2 Å². The lowest BCUT2D eigenvalue weighted by Crippen LogP contribution is -2.42. The lowest BCUT2D eigenvalue weighted by Gasteiger charge is -2.31. The SMILES string of the molecule is Cc1c(C(=O)N2CCC(Oc3ncccn3)CC2)cnn1-c1ccccc1. The number of amides is 1. The molecule has 0 bridgehead atoms. The summed E-state index contributed by atoms with van der Waals surface area (Å²) in [5, 5.41) is 4.40. The summed E-state index contributed by atoms with van der Waals surface area (Å²) in [5.41, 5.74) is 2.44. The van der Waals surface area contributed by atoms with Crippen LogP contribution < -0.4 is 4.74 Å². The van der Waals surface area contributed by atoms with E-state index in [1.807, 2.05) is 42.2 Å². The maximum absolute atomic E-state index is 12.9. The number of aromatic nitrogens is 4. The van der Waals surface area contributed by atoms with Crippen LogP contribution in [0.25, 0.3) is 5.69 Å². The fourth-order valence-electron chi connectivity index (χ4n) is 3.29. The van der Waals surface area contributed by atoms with Crippen molar-refractivity contribution in [3.8, 4) is 11.7 Å². The molecular formula is C20H21N5O2. The molecule has 1 saturated heterocycles. The highest BCUT2D eigenvalue weighted by Gasteiger charge is 2.27. The van der Waals surface area contributed by atoms with Gasteiger partial charge in [0.2, 0.25) is 0 Å². The third kappa shape index (κ3) is 3.67. The van der Waals surface area contributed by atoms with Crippen molar-refractivity contribution >= 4 is 5.91 Å². The Balaban J connectivity index is 1.41. The average Bonchev–Trinajstić information content (AvgIpc) is 3.11. The minimum absolute atomic E-state index is 0.0177. The molecule has 3 aromatic rings. The molecule has 0 radical (unpaired) electrons. The maximum Gasteiger partial charge on any atom is 0.316 e. The van der Waals surface area contributed by atoms with E-state index in [2.05, 4.69) is 15.1 Å². The summed E-state index contributed by atoms with van der Waals surface area (Å²) in [6, 6.07) is 12.0. The first-order chi connectivity index (χ1) is 13.2. The van der Waals surface area contributed by atoms with E-state index in [4.69, 9.17) is 4.74 Å². The van der Waals surface area contributed by atoms with E-state index < -0.39 is 0 Å². The van der Waals surface area contributed by atoms with Crippen molar-refractivity contribution in [2.45, 2.75) is 25.9 Å². The van der Waals surface area contributed by atoms with Gasteiger partial charge in [-0.25, -0.2) is 14.6 Å². The topological polar surface area (TPSA) is 73.1 Å². The van der Waals surface area contributed by atoms with Crippen LogP contribution >= 0.6 is 0 Å². The number of para-hydroxylation sites is 1. The molecule has 4 rings (SSSR count). The molecule has 3 heterocycles. The minimum Gasteiger partial charge on any atom is -0.460 e. The van der Waals surface area contributed by atoms with Crippen LogP contribution in [0.3, 0.4) is 0 Å². The average molecular weight is 363 g/mol. The van der Waals surface area contributed by atoms with Crippen molar-refractivity contribution in [3.63, 3.8) is 0 Å². The molecule has 1 aromatic carbocycles. The molecule has 1 aliphatic rings. The highest BCUT2D eigenvalue weighted by atomic mass is 16.5. The Hall–Kier alpha value is -3.22. The molecule has 27 heavy (non-hydrogen) atoms. The van der Waals surface area contributed by atoms with Gasteiger partial charge in [-0.15, -0.1) is 0 Å². The van der Waals surface area contributed by atoms with E-state index in [9.17, 15) is 4.79 Å². The van der Waals surface area contributed by atoms with E-state index in [1.54, 1.807) is 29.3 Å². The Morgan fingerprint density at radius 1 is 1.07 bits per heavy atom. The molecule has 0 atom stereocenters. The zero-order valence-electron chi connectivity index (χ0n) is 15.2. The molecule has 0 unspecified atom stereocenters. The van der Waals surface area contributed by atoms with E-state index in [0.29, 0.717) is 24.7 Å². The van der Waals surface area contributed by atoms with Gasteiger partial charge in [0.15, 0.2) is 0 Å². The van der Waals surface area contributed by atoms with E-state index in [1.165, 1.54) is 0 Å². The first kappa shape index (κ1) is 17.2. The molecule has 0 N–H and O–H groups in total. The van der Waals surface area contributed by atoms with Crippen molar-refractivity contribution in [1.82, 2.24) is 24.6 Å². The summed E-state index contributed by atoms with van der Waals surface area (Å²) in [6.45, 7) is 3.22. The maximum atomic E-state index is 12.9. The highest BCUT2D eigenvalue weighted by Crippen LogP contribution is 2.20. The minimum atomic E-state index is 0.0177. The fraction of sp³-hybridized carbons (Fsp3) is 0.300. The lowest BCUT2D eigenvalue weighted by molar-refractivity contribution is 0.0578. The number of piperidine rings is 1. The van der Waals surface area contributed by atoms with Gasteiger partial charge < -0.3 is 9.64 Å². The Morgan fingerprint density at radius 3 is 2.48 bits per heavy atom. The van der Waals surface area contributed by atoms with Gasteiger partial charge in [0.1, 0.15) is 6.10 Å². The van der Waals surface area contributed by atoms with Crippen LogP contribution in [0.1, 0.15) is 28.9 Å². The van der Waals surface area contributed by atoms with Crippen molar-refractivity contribution < 1.29 is 9.53 Å².